The van der Waals surface area contributed by atoms with Crippen molar-refractivity contribution in [3.05, 3.63) is 35.6 Å². The number of morpholine rings is 1. The molecular formula is C21H32FN5O3. The summed E-state index contributed by atoms with van der Waals surface area (Å²) >= 11 is 0. The van der Waals surface area contributed by atoms with Crippen molar-refractivity contribution < 1.29 is 19.0 Å². The molecule has 0 spiro atoms. The Bertz CT molecular complexity index is 718. The van der Waals surface area contributed by atoms with Gasteiger partial charge in [0.05, 0.1) is 26.3 Å². The number of amides is 1. The summed E-state index contributed by atoms with van der Waals surface area (Å²) in [6.45, 7) is 8.74. The first kappa shape index (κ1) is 22.5. The number of rotatable bonds is 6. The molecule has 166 valence electrons. The minimum Gasteiger partial charge on any atom is -0.386 e. The number of carbonyl (C=O) groups is 1. The van der Waals surface area contributed by atoms with Crippen LogP contribution in [0.2, 0.25) is 0 Å². The summed E-state index contributed by atoms with van der Waals surface area (Å²) in [5.74, 6) is 0.427. The van der Waals surface area contributed by atoms with Gasteiger partial charge in [-0.3, -0.25) is 14.7 Å². The monoisotopic (exact) mass is 421 g/mol. The maximum absolute atomic E-state index is 13.9. The summed E-state index contributed by atoms with van der Waals surface area (Å²) in [6, 6.07) is 6.22. The number of benzene rings is 1. The fourth-order valence-corrected chi connectivity index (χ4v) is 3.66. The molecule has 30 heavy (non-hydrogen) atoms. The Morgan fingerprint density at radius 1 is 1.17 bits per heavy atom. The number of piperazine rings is 1. The van der Waals surface area contributed by atoms with Crippen molar-refractivity contribution in [2.45, 2.75) is 13.0 Å². The third-order valence-corrected chi connectivity index (χ3v) is 5.41. The van der Waals surface area contributed by atoms with E-state index < -0.39 is 11.9 Å². The SMILES string of the molecule is CCNC(=NCC(O)c1ccccc1F)N1CCN(CC(=O)N2CCOCC2)CC1. The average Bonchev–Trinajstić information content (AvgIpc) is 2.78. The topological polar surface area (TPSA) is 80.6 Å². The lowest BCUT2D eigenvalue weighted by molar-refractivity contribution is -0.136. The van der Waals surface area contributed by atoms with Gasteiger partial charge in [0.15, 0.2) is 5.96 Å². The second kappa shape index (κ2) is 11.2. The lowest BCUT2D eigenvalue weighted by Gasteiger charge is -2.37. The molecule has 1 amide bonds. The van der Waals surface area contributed by atoms with Crippen LogP contribution < -0.4 is 5.32 Å². The van der Waals surface area contributed by atoms with Crippen LogP contribution in [0.25, 0.3) is 0 Å². The highest BCUT2D eigenvalue weighted by Gasteiger charge is 2.24. The second-order valence-electron chi connectivity index (χ2n) is 7.49. The molecule has 1 atom stereocenters. The minimum absolute atomic E-state index is 0.0823. The molecule has 1 aromatic carbocycles. The quantitative estimate of drug-likeness (QED) is 0.508. The van der Waals surface area contributed by atoms with E-state index in [1.807, 2.05) is 11.8 Å². The highest BCUT2D eigenvalue weighted by Crippen LogP contribution is 2.17. The van der Waals surface area contributed by atoms with Crippen LogP contribution in [-0.4, -0.2) is 104 Å². The average molecular weight is 422 g/mol. The van der Waals surface area contributed by atoms with E-state index in [4.69, 9.17) is 4.74 Å². The van der Waals surface area contributed by atoms with Crippen LogP contribution in [0.5, 0.6) is 0 Å². The molecule has 0 bridgehead atoms. The summed E-state index contributed by atoms with van der Waals surface area (Å²) in [4.78, 5) is 23.1. The molecule has 2 heterocycles. The molecule has 3 rings (SSSR count). The molecule has 0 radical (unpaired) electrons. The van der Waals surface area contributed by atoms with E-state index in [0.29, 0.717) is 45.4 Å². The molecule has 2 aliphatic rings. The largest absolute Gasteiger partial charge is 0.386 e. The van der Waals surface area contributed by atoms with Gasteiger partial charge in [-0.05, 0) is 13.0 Å². The van der Waals surface area contributed by atoms with Gasteiger partial charge in [0, 0.05) is 51.4 Å². The van der Waals surface area contributed by atoms with Crippen LogP contribution in [0.3, 0.4) is 0 Å². The fourth-order valence-electron chi connectivity index (χ4n) is 3.66. The van der Waals surface area contributed by atoms with Crippen LogP contribution in [-0.2, 0) is 9.53 Å². The van der Waals surface area contributed by atoms with E-state index in [2.05, 4.69) is 20.1 Å². The molecule has 2 fully saturated rings. The minimum atomic E-state index is -0.993. The van der Waals surface area contributed by atoms with E-state index in [9.17, 15) is 14.3 Å². The van der Waals surface area contributed by atoms with Gasteiger partial charge >= 0.3 is 0 Å². The Hall–Kier alpha value is -2.23. The Labute approximate surface area is 177 Å². The zero-order valence-corrected chi connectivity index (χ0v) is 17.6. The Morgan fingerprint density at radius 3 is 2.53 bits per heavy atom. The zero-order chi connectivity index (χ0) is 21.3. The lowest BCUT2D eigenvalue weighted by Crippen LogP contribution is -2.55. The maximum atomic E-state index is 13.9. The number of guanidine groups is 1. The van der Waals surface area contributed by atoms with Gasteiger partial charge in [-0.15, -0.1) is 0 Å². The van der Waals surface area contributed by atoms with Crippen LogP contribution in [0.15, 0.2) is 29.3 Å². The number of hydrogen-bond donors (Lipinski definition) is 2. The lowest BCUT2D eigenvalue weighted by atomic mass is 10.1. The maximum Gasteiger partial charge on any atom is 0.236 e. The van der Waals surface area contributed by atoms with Crippen molar-refractivity contribution in [2.75, 3.05) is 72.1 Å². The highest BCUT2D eigenvalue weighted by molar-refractivity contribution is 5.80. The van der Waals surface area contributed by atoms with Gasteiger partial charge in [0.1, 0.15) is 11.9 Å². The molecule has 9 heteroatoms. The van der Waals surface area contributed by atoms with Gasteiger partial charge in [0.25, 0.3) is 0 Å². The summed E-state index contributed by atoms with van der Waals surface area (Å²) in [6.07, 6.45) is -0.993. The van der Waals surface area contributed by atoms with E-state index in [1.54, 1.807) is 18.2 Å². The van der Waals surface area contributed by atoms with E-state index >= 15 is 0 Å². The summed E-state index contributed by atoms with van der Waals surface area (Å²) in [5.41, 5.74) is 0.253. The molecule has 0 saturated carbocycles. The van der Waals surface area contributed by atoms with Crippen LogP contribution in [0, 0.1) is 5.82 Å². The van der Waals surface area contributed by atoms with Gasteiger partial charge < -0.3 is 25.0 Å². The predicted octanol–water partition coefficient (Wildman–Crippen LogP) is 0.301. The van der Waals surface area contributed by atoms with Gasteiger partial charge in [-0.1, -0.05) is 18.2 Å². The highest BCUT2D eigenvalue weighted by atomic mass is 19.1. The van der Waals surface area contributed by atoms with E-state index in [0.717, 1.165) is 26.2 Å². The van der Waals surface area contributed by atoms with Crippen molar-refractivity contribution in [3.8, 4) is 0 Å². The standard InChI is InChI=1S/C21H32FN5O3/c1-2-23-21(24-15-19(28)17-5-3-4-6-18(17)22)27-9-7-25(8-10-27)16-20(29)26-11-13-30-14-12-26/h3-6,19,28H,2,7-16H2,1H3,(H,23,24). The van der Waals surface area contributed by atoms with Crippen molar-refractivity contribution in [1.82, 2.24) is 20.0 Å². The summed E-state index contributed by atoms with van der Waals surface area (Å²) in [5, 5.41) is 13.6. The Morgan fingerprint density at radius 2 is 1.87 bits per heavy atom. The molecule has 2 aliphatic heterocycles. The fraction of sp³-hybridized carbons (Fsp3) is 0.619. The molecule has 2 N–H and O–H groups in total. The first-order valence-electron chi connectivity index (χ1n) is 10.6. The third-order valence-electron chi connectivity index (χ3n) is 5.41. The molecule has 0 aliphatic carbocycles. The number of halogens is 1. The first-order chi connectivity index (χ1) is 14.6. The second-order valence-corrected chi connectivity index (χ2v) is 7.49. The van der Waals surface area contributed by atoms with E-state index in [-0.39, 0.29) is 18.0 Å². The number of nitrogens with one attached hydrogen (secondary N) is 1. The van der Waals surface area contributed by atoms with Gasteiger partial charge in [0.2, 0.25) is 5.91 Å². The smallest absolute Gasteiger partial charge is 0.236 e. The van der Waals surface area contributed by atoms with Crippen molar-refractivity contribution in [1.29, 1.82) is 0 Å². The van der Waals surface area contributed by atoms with Crippen LogP contribution in [0.1, 0.15) is 18.6 Å². The molecule has 1 unspecified atom stereocenters. The predicted molar refractivity (Wildman–Crippen MR) is 113 cm³/mol. The number of hydrogen-bond acceptors (Lipinski definition) is 5. The normalized spacial score (nSPS) is 19.6. The molecular weight excluding hydrogens is 389 g/mol. The molecule has 1 aromatic rings. The zero-order valence-electron chi connectivity index (χ0n) is 17.6. The summed E-state index contributed by atoms with van der Waals surface area (Å²) < 4.78 is 19.2. The van der Waals surface area contributed by atoms with Crippen molar-refractivity contribution in [2.24, 2.45) is 4.99 Å². The van der Waals surface area contributed by atoms with Gasteiger partial charge in [-0.25, -0.2) is 4.39 Å². The number of nitrogens with zero attached hydrogens (tertiary/aromatic N) is 4. The molecule has 0 aromatic heterocycles. The number of ether oxygens (including phenoxy) is 1. The number of carbonyl (C=O) groups excluding carboxylic acids is 1. The Kier molecular flexibility index (Phi) is 8.41. The molecule has 8 nitrogen and oxygen atoms in total. The van der Waals surface area contributed by atoms with Gasteiger partial charge in [-0.2, -0.15) is 0 Å². The van der Waals surface area contributed by atoms with Crippen LogP contribution in [0.4, 0.5) is 4.39 Å². The van der Waals surface area contributed by atoms with Crippen molar-refractivity contribution >= 4 is 11.9 Å². The first-order valence-corrected chi connectivity index (χ1v) is 10.6. The summed E-state index contributed by atoms with van der Waals surface area (Å²) in [7, 11) is 0. The third kappa shape index (κ3) is 6.13. The van der Waals surface area contributed by atoms with E-state index in [1.165, 1.54) is 6.07 Å². The van der Waals surface area contributed by atoms with Crippen molar-refractivity contribution in [3.63, 3.8) is 0 Å². The number of aliphatic imine (C=N–C) groups is 1. The molecule has 2 saturated heterocycles. The number of aliphatic hydroxyl groups excluding tert-OH is 1. The van der Waals surface area contributed by atoms with Crippen LogP contribution >= 0.6 is 0 Å². The Balaban J connectivity index is 1.51. The number of aliphatic hydroxyl groups is 1.